The normalized spacial score (nSPS) is 10.5. The van der Waals surface area contributed by atoms with Crippen molar-refractivity contribution in [2.45, 2.75) is 52.0 Å². The number of fused-ring (bicyclic) bond motifs is 3. The molecular formula is C22H33Cl2NOSi2Zr. The van der Waals surface area contributed by atoms with Crippen LogP contribution in [0.4, 0.5) is 0 Å². The molecule has 0 bridgehead atoms. The van der Waals surface area contributed by atoms with Gasteiger partial charge >= 0.3 is 37.9 Å². The molecule has 3 aromatic rings. The third-order valence-corrected chi connectivity index (χ3v) is 12.4. The minimum absolute atomic E-state index is 0.0331. The Labute approximate surface area is 198 Å². The summed E-state index contributed by atoms with van der Waals surface area (Å²) in [5.74, 6) is 0. The van der Waals surface area contributed by atoms with Crippen LogP contribution in [0.2, 0.25) is 25.7 Å². The molecule has 0 aliphatic rings. The van der Waals surface area contributed by atoms with Gasteiger partial charge in [-0.1, -0.05) is 76.8 Å². The molecule has 0 aromatic heterocycles. The number of rotatable bonds is 3. The molecule has 3 aromatic carbocycles. The first-order valence-corrected chi connectivity index (χ1v) is 21.6. The molecule has 0 aliphatic heterocycles. The van der Waals surface area contributed by atoms with Crippen molar-refractivity contribution in [1.29, 1.82) is 0 Å². The van der Waals surface area contributed by atoms with Crippen molar-refractivity contribution in [3.05, 3.63) is 60.3 Å². The van der Waals surface area contributed by atoms with Crippen molar-refractivity contribution < 1.29 is 26.0 Å². The van der Waals surface area contributed by atoms with Crippen LogP contribution in [-0.2, 0) is 20.8 Å². The fourth-order valence-corrected chi connectivity index (χ4v) is 4.99. The number of hydrogen-bond acceptors (Lipinski definition) is 1. The number of benzene rings is 2. The summed E-state index contributed by atoms with van der Waals surface area (Å²) >= 11 is -0.826. The maximum Gasteiger partial charge on any atom is -0.0771 e. The van der Waals surface area contributed by atoms with E-state index in [1.807, 2.05) is 20.8 Å². The summed E-state index contributed by atoms with van der Waals surface area (Å²) in [6, 6.07) is 20.4. The Morgan fingerprint density at radius 2 is 1.28 bits per heavy atom. The van der Waals surface area contributed by atoms with E-state index in [4.69, 9.17) is 27.9 Å². The predicted molar refractivity (Wildman–Crippen MR) is 134 cm³/mol. The van der Waals surface area contributed by atoms with Gasteiger partial charge in [-0.05, 0) is 6.04 Å². The molecule has 158 valence electrons. The van der Waals surface area contributed by atoms with Gasteiger partial charge in [0.15, 0.2) is 0 Å². The van der Waals surface area contributed by atoms with Crippen LogP contribution in [0.1, 0.15) is 20.8 Å². The summed E-state index contributed by atoms with van der Waals surface area (Å²) in [4.78, 5) is 0. The molecular weight excluding hydrogens is 513 g/mol. The first kappa shape index (κ1) is 29.1. The van der Waals surface area contributed by atoms with E-state index in [0.717, 1.165) is 6.04 Å². The fraction of sp³-hybridized carbons (Fsp3) is 0.409. The maximum atomic E-state index is 8.53. The second kappa shape index (κ2) is 15.9. The minimum atomic E-state index is -0.826. The van der Waals surface area contributed by atoms with Crippen LogP contribution >= 0.6 is 17.0 Å². The number of aliphatic hydroxyl groups excluding tert-OH is 1. The van der Waals surface area contributed by atoms with Gasteiger partial charge in [-0.3, -0.25) is 0 Å². The van der Waals surface area contributed by atoms with Crippen molar-refractivity contribution >= 4 is 55.2 Å². The zero-order valence-electron chi connectivity index (χ0n) is 18.3. The van der Waals surface area contributed by atoms with E-state index in [1.54, 1.807) is 0 Å². The molecule has 2 nitrogen and oxygen atoms in total. The SMILES string of the molecule is CC(C)(C)[NH-].C[Si](C)[Si](C)CCO.[Cl][Zr+2][Cl].c1ccc2c(c1)[cH-]c1ccccc12. The van der Waals surface area contributed by atoms with Crippen LogP contribution in [0.25, 0.3) is 27.3 Å². The molecule has 0 spiro atoms. The molecule has 0 saturated carbocycles. The van der Waals surface area contributed by atoms with E-state index in [-0.39, 0.29) is 22.2 Å². The summed E-state index contributed by atoms with van der Waals surface area (Å²) in [7, 11) is 9.73. The van der Waals surface area contributed by atoms with E-state index in [1.165, 1.54) is 21.5 Å². The van der Waals surface area contributed by atoms with Crippen LogP contribution in [0, 0.1) is 0 Å². The average molecular weight is 546 g/mol. The van der Waals surface area contributed by atoms with Crippen molar-refractivity contribution in [3.8, 4) is 0 Å². The third kappa shape index (κ3) is 13.9. The Kier molecular flexibility index (Phi) is 15.9. The molecule has 0 saturated heterocycles. The van der Waals surface area contributed by atoms with Crippen LogP contribution in [0.3, 0.4) is 0 Å². The van der Waals surface area contributed by atoms with Gasteiger partial charge in [0.25, 0.3) is 0 Å². The quantitative estimate of drug-likeness (QED) is 0.264. The molecule has 0 atom stereocenters. The maximum absolute atomic E-state index is 8.53. The van der Waals surface area contributed by atoms with Gasteiger partial charge in [-0.25, -0.2) is 0 Å². The zero-order chi connectivity index (χ0) is 22.4. The predicted octanol–water partition coefficient (Wildman–Crippen LogP) is 7.86. The van der Waals surface area contributed by atoms with E-state index < -0.39 is 20.8 Å². The largest absolute Gasteiger partial charge is 0.126 e. The number of halogens is 2. The molecule has 2 radical (unpaired) electrons. The Morgan fingerprint density at radius 1 is 0.931 bits per heavy atom. The molecule has 29 heavy (non-hydrogen) atoms. The van der Waals surface area contributed by atoms with Gasteiger partial charge in [0.05, 0.1) is 0 Å². The van der Waals surface area contributed by atoms with E-state index in [9.17, 15) is 0 Å². The second-order valence-corrected chi connectivity index (χ2v) is 21.2. The van der Waals surface area contributed by atoms with Gasteiger partial charge < -0.3 is 10.8 Å². The number of nitrogens with one attached hydrogen (secondary N) is 1. The summed E-state index contributed by atoms with van der Waals surface area (Å²) in [5, 5.41) is 13.9. The molecule has 3 rings (SSSR count). The molecule has 0 aliphatic carbocycles. The summed E-state index contributed by atoms with van der Waals surface area (Å²) in [5.41, 5.74) is 6.69. The monoisotopic (exact) mass is 543 g/mol. The first-order valence-electron chi connectivity index (χ1n) is 9.53. The van der Waals surface area contributed by atoms with Crippen molar-refractivity contribution in [1.82, 2.24) is 0 Å². The molecule has 0 unspecified atom stereocenters. The fourth-order valence-electron chi connectivity index (χ4n) is 2.32. The van der Waals surface area contributed by atoms with Crippen LogP contribution in [-0.4, -0.2) is 33.9 Å². The summed E-state index contributed by atoms with van der Waals surface area (Å²) in [6.45, 7) is 12.9. The van der Waals surface area contributed by atoms with E-state index in [0.29, 0.717) is 6.61 Å². The Balaban J connectivity index is 0.000000424. The Hall–Kier alpha value is 0.127. The minimum Gasteiger partial charge on any atom is -0.126 e. The Morgan fingerprint density at radius 3 is 1.55 bits per heavy atom. The summed E-state index contributed by atoms with van der Waals surface area (Å²) < 4.78 is 0. The second-order valence-electron chi connectivity index (χ2n) is 7.89. The molecule has 7 heteroatoms. The zero-order valence-corrected chi connectivity index (χ0v) is 24.3. The van der Waals surface area contributed by atoms with Gasteiger partial charge in [0.1, 0.15) is 0 Å². The number of hydrogen-bond donors (Lipinski definition) is 1. The van der Waals surface area contributed by atoms with Crippen molar-refractivity contribution in [2.75, 3.05) is 6.61 Å². The number of aliphatic hydroxyl groups is 1. The van der Waals surface area contributed by atoms with Gasteiger partial charge in [-0.2, -0.15) is 0 Å². The molecule has 2 N–H and O–H groups in total. The van der Waals surface area contributed by atoms with Crippen LogP contribution in [0.5, 0.6) is 0 Å². The smallest absolute Gasteiger partial charge is 0.0771 e. The van der Waals surface area contributed by atoms with Crippen molar-refractivity contribution in [2.24, 2.45) is 0 Å². The Bertz CT molecular complexity index is 750. The molecule has 0 amide bonds. The van der Waals surface area contributed by atoms with Crippen LogP contribution in [0.15, 0.2) is 54.6 Å². The van der Waals surface area contributed by atoms with Gasteiger partial charge in [0, 0.05) is 23.2 Å². The summed E-state index contributed by atoms with van der Waals surface area (Å²) in [6.07, 6.45) is 0. The first-order chi connectivity index (χ1) is 13.5. The molecule has 0 heterocycles. The van der Waals surface area contributed by atoms with Crippen LogP contribution < -0.4 is 0 Å². The molecule has 0 fully saturated rings. The van der Waals surface area contributed by atoms with E-state index >= 15 is 0 Å². The van der Waals surface area contributed by atoms with Crippen molar-refractivity contribution in [3.63, 3.8) is 0 Å². The standard InChI is InChI=1S/C13H9.C5H14OSi2.C4H10N.2ClH.Zr/c1-3-7-12-10(5-1)9-11-6-2-4-8-13(11)12;1-7(2)8(3)5-4-6;1-4(2,3)5;;;/h1-9H;6H,4-5H2,1-3H3;5H,1-3H3;2*1H;/q-1;;-1;;;+4/p-2. The topological polar surface area (TPSA) is 44.0 Å². The van der Waals surface area contributed by atoms with Gasteiger partial charge in [0.2, 0.25) is 0 Å². The average Bonchev–Trinajstić information content (AvgIpc) is 3.00. The van der Waals surface area contributed by atoms with E-state index in [2.05, 4.69) is 74.2 Å². The third-order valence-electron chi connectivity index (χ3n) is 3.86. The van der Waals surface area contributed by atoms with Gasteiger partial charge in [-0.15, -0.1) is 45.3 Å².